The lowest BCUT2D eigenvalue weighted by atomic mass is 9.95. The standard InChI is InChI=1S/C15H27NO4S2/c1-12(2)22(17,18)16-10-15(11-16)7-14(9-21-15)20-8-13-3-5-19-6-4-13/h12-14H,3-11H2,1-2H3. The average Bonchev–Trinajstić information content (AvgIpc) is 2.89. The van der Waals surface area contributed by atoms with Gasteiger partial charge in [0, 0.05) is 43.4 Å². The highest BCUT2D eigenvalue weighted by Gasteiger charge is 2.53. The lowest BCUT2D eigenvalue weighted by Gasteiger charge is -2.47. The van der Waals surface area contributed by atoms with Crippen molar-refractivity contribution in [2.45, 2.75) is 49.2 Å². The summed E-state index contributed by atoms with van der Waals surface area (Å²) in [5.41, 5.74) is 0. The number of nitrogens with zero attached hydrogens (tertiary/aromatic N) is 1. The Morgan fingerprint density at radius 2 is 2.00 bits per heavy atom. The highest BCUT2D eigenvalue weighted by molar-refractivity contribution is 8.01. The Morgan fingerprint density at radius 1 is 1.32 bits per heavy atom. The van der Waals surface area contributed by atoms with Gasteiger partial charge >= 0.3 is 0 Å². The molecule has 128 valence electrons. The maximum atomic E-state index is 12.1. The molecule has 1 spiro atoms. The average molecular weight is 350 g/mol. The van der Waals surface area contributed by atoms with Crippen LogP contribution >= 0.6 is 11.8 Å². The van der Waals surface area contributed by atoms with Gasteiger partial charge in [0.25, 0.3) is 0 Å². The third-order valence-electron chi connectivity index (χ3n) is 4.97. The minimum Gasteiger partial charge on any atom is -0.381 e. The van der Waals surface area contributed by atoms with Crippen molar-refractivity contribution in [1.29, 1.82) is 0 Å². The summed E-state index contributed by atoms with van der Waals surface area (Å²) < 4.78 is 37.5. The minimum atomic E-state index is -3.09. The monoisotopic (exact) mass is 349 g/mol. The minimum absolute atomic E-state index is 0.113. The van der Waals surface area contributed by atoms with Crippen molar-refractivity contribution in [1.82, 2.24) is 4.31 Å². The van der Waals surface area contributed by atoms with Gasteiger partial charge in [-0.2, -0.15) is 4.31 Å². The molecule has 5 nitrogen and oxygen atoms in total. The van der Waals surface area contributed by atoms with Gasteiger partial charge < -0.3 is 9.47 Å². The third kappa shape index (κ3) is 3.48. The third-order valence-corrected chi connectivity index (χ3v) is 8.71. The Hall–Kier alpha value is 0.180. The van der Waals surface area contributed by atoms with Gasteiger partial charge in [0.05, 0.1) is 11.4 Å². The van der Waals surface area contributed by atoms with Crippen LogP contribution in [0.15, 0.2) is 0 Å². The second kappa shape index (κ2) is 6.59. The molecule has 0 amide bonds. The van der Waals surface area contributed by atoms with Crippen LogP contribution in [0.2, 0.25) is 0 Å². The van der Waals surface area contributed by atoms with Crippen molar-refractivity contribution in [3.63, 3.8) is 0 Å². The van der Waals surface area contributed by atoms with Gasteiger partial charge in [0.2, 0.25) is 10.0 Å². The molecule has 0 bridgehead atoms. The van der Waals surface area contributed by atoms with E-state index in [1.807, 2.05) is 11.8 Å². The number of hydrogen-bond donors (Lipinski definition) is 0. The highest BCUT2D eigenvalue weighted by atomic mass is 32.2. The second-order valence-corrected chi connectivity index (χ2v) is 11.0. The molecule has 3 saturated heterocycles. The first-order valence-electron chi connectivity index (χ1n) is 8.24. The van der Waals surface area contributed by atoms with E-state index in [2.05, 4.69) is 0 Å². The van der Waals surface area contributed by atoms with E-state index in [9.17, 15) is 8.42 Å². The number of rotatable bonds is 5. The van der Waals surface area contributed by atoms with E-state index >= 15 is 0 Å². The SMILES string of the molecule is CC(C)S(=O)(=O)N1CC2(CC(OCC3CCOCC3)CS2)C1. The molecule has 0 aromatic heterocycles. The van der Waals surface area contributed by atoms with Crippen molar-refractivity contribution >= 4 is 21.8 Å². The molecule has 3 aliphatic rings. The van der Waals surface area contributed by atoms with Gasteiger partial charge in [0.1, 0.15) is 0 Å². The van der Waals surface area contributed by atoms with Gasteiger partial charge in [-0.15, -0.1) is 11.8 Å². The summed E-state index contributed by atoms with van der Waals surface area (Å²) >= 11 is 1.90. The van der Waals surface area contributed by atoms with Crippen molar-refractivity contribution in [3.05, 3.63) is 0 Å². The Balaban J connectivity index is 1.43. The Labute approximate surface area is 138 Å². The van der Waals surface area contributed by atoms with Gasteiger partial charge in [0.15, 0.2) is 0 Å². The summed E-state index contributed by atoms with van der Waals surface area (Å²) in [6.07, 6.45) is 3.48. The maximum Gasteiger partial charge on any atom is 0.216 e. The lowest BCUT2D eigenvalue weighted by Crippen LogP contribution is -2.61. The summed E-state index contributed by atoms with van der Waals surface area (Å²) in [7, 11) is -3.09. The van der Waals surface area contributed by atoms with Crippen molar-refractivity contribution in [2.24, 2.45) is 5.92 Å². The van der Waals surface area contributed by atoms with Crippen molar-refractivity contribution < 1.29 is 17.9 Å². The Kier molecular flexibility index (Phi) is 5.10. The van der Waals surface area contributed by atoms with E-state index in [1.165, 1.54) is 0 Å². The van der Waals surface area contributed by atoms with Gasteiger partial charge in [-0.1, -0.05) is 0 Å². The Morgan fingerprint density at radius 3 is 2.64 bits per heavy atom. The molecule has 0 saturated carbocycles. The van der Waals surface area contributed by atoms with Crippen LogP contribution < -0.4 is 0 Å². The van der Waals surface area contributed by atoms with E-state index in [0.29, 0.717) is 19.0 Å². The molecule has 0 N–H and O–H groups in total. The predicted octanol–water partition coefficient (Wildman–Crippen LogP) is 1.73. The van der Waals surface area contributed by atoms with Crippen molar-refractivity contribution in [3.8, 4) is 0 Å². The summed E-state index contributed by atoms with van der Waals surface area (Å²) in [5, 5.41) is -0.322. The van der Waals surface area contributed by atoms with Crippen LogP contribution in [0, 0.1) is 5.92 Å². The molecule has 22 heavy (non-hydrogen) atoms. The van der Waals surface area contributed by atoms with E-state index in [-0.39, 0.29) is 16.1 Å². The van der Waals surface area contributed by atoms with E-state index in [0.717, 1.165) is 44.8 Å². The summed E-state index contributed by atoms with van der Waals surface area (Å²) in [5.74, 6) is 1.63. The van der Waals surface area contributed by atoms with Gasteiger partial charge in [-0.05, 0) is 39.0 Å². The molecule has 1 atom stereocenters. The zero-order valence-corrected chi connectivity index (χ0v) is 15.1. The zero-order chi connectivity index (χ0) is 15.8. The lowest BCUT2D eigenvalue weighted by molar-refractivity contribution is -0.00925. The largest absolute Gasteiger partial charge is 0.381 e. The molecule has 0 aliphatic carbocycles. The summed E-state index contributed by atoms with van der Waals surface area (Å²) in [6.45, 7) is 7.38. The molecular weight excluding hydrogens is 322 g/mol. The fourth-order valence-corrected chi connectivity index (χ4v) is 6.56. The van der Waals surface area contributed by atoms with Gasteiger partial charge in [-0.3, -0.25) is 0 Å². The highest BCUT2D eigenvalue weighted by Crippen LogP contribution is 2.47. The van der Waals surface area contributed by atoms with Crippen LogP contribution in [-0.2, 0) is 19.5 Å². The fraction of sp³-hybridized carbons (Fsp3) is 1.00. The van der Waals surface area contributed by atoms with Crippen LogP contribution in [0.3, 0.4) is 0 Å². The van der Waals surface area contributed by atoms with Crippen LogP contribution in [0.4, 0.5) is 0 Å². The summed E-state index contributed by atoms with van der Waals surface area (Å²) in [4.78, 5) is 0. The second-order valence-electron chi connectivity index (χ2n) is 7.07. The fourth-order valence-electron chi connectivity index (χ4n) is 3.39. The van der Waals surface area contributed by atoms with Crippen molar-refractivity contribution in [2.75, 3.05) is 38.7 Å². The molecule has 7 heteroatoms. The number of ether oxygens (including phenoxy) is 2. The molecule has 1 unspecified atom stereocenters. The van der Waals surface area contributed by atoms with Crippen LogP contribution in [-0.4, -0.2) is 67.5 Å². The topological polar surface area (TPSA) is 55.8 Å². The quantitative estimate of drug-likeness (QED) is 0.756. The molecule has 3 heterocycles. The van der Waals surface area contributed by atoms with E-state index < -0.39 is 10.0 Å². The molecule has 3 aliphatic heterocycles. The first-order valence-corrected chi connectivity index (χ1v) is 10.7. The zero-order valence-electron chi connectivity index (χ0n) is 13.5. The van der Waals surface area contributed by atoms with E-state index in [1.54, 1.807) is 18.2 Å². The molecule has 0 aromatic rings. The predicted molar refractivity (Wildman–Crippen MR) is 88.7 cm³/mol. The maximum absolute atomic E-state index is 12.1. The number of sulfonamides is 1. The smallest absolute Gasteiger partial charge is 0.216 e. The summed E-state index contributed by atoms with van der Waals surface area (Å²) in [6, 6.07) is 0. The van der Waals surface area contributed by atoms with Gasteiger partial charge in [-0.25, -0.2) is 8.42 Å². The molecule has 0 radical (unpaired) electrons. The molecular formula is C15H27NO4S2. The normalized spacial score (nSPS) is 30.0. The molecule has 3 fully saturated rings. The van der Waals surface area contributed by atoms with Crippen LogP contribution in [0.1, 0.15) is 33.1 Å². The first-order chi connectivity index (χ1) is 10.4. The van der Waals surface area contributed by atoms with Crippen LogP contribution in [0.5, 0.6) is 0 Å². The van der Waals surface area contributed by atoms with Crippen LogP contribution in [0.25, 0.3) is 0 Å². The first kappa shape index (κ1) is 17.0. The number of thioether (sulfide) groups is 1. The Bertz CT molecular complexity index is 482. The number of hydrogen-bond acceptors (Lipinski definition) is 5. The van der Waals surface area contributed by atoms with E-state index in [4.69, 9.17) is 9.47 Å². The molecule has 0 aromatic carbocycles. The molecule has 3 rings (SSSR count).